The minimum absolute atomic E-state index is 0.259. The van der Waals surface area contributed by atoms with Gasteiger partial charge in [0.15, 0.2) is 5.65 Å². The molecule has 8 nitrogen and oxygen atoms in total. The van der Waals surface area contributed by atoms with Crippen molar-refractivity contribution < 1.29 is 13.5 Å². The number of aryl methyl sites for hydroxylation is 1. The van der Waals surface area contributed by atoms with Crippen LogP contribution in [0.2, 0.25) is 0 Å². The van der Waals surface area contributed by atoms with Gasteiger partial charge in [0.2, 0.25) is 5.43 Å². The van der Waals surface area contributed by atoms with Crippen LogP contribution in [0, 0.1) is 12.7 Å². The number of aromatic nitrogens is 4. The molecule has 0 radical (unpaired) electrons. The van der Waals surface area contributed by atoms with Crippen molar-refractivity contribution in [2.24, 2.45) is 0 Å². The lowest BCUT2D eigenvalue weighted by atomic mass is 9.99. The third-order valence-corrected chi connectivity index (χ3v) is 6.95. The van der Waals surface area contributed by atoms with Gasteiger partial charge in [0.1, 0.15) is 46.8 Å². The molecule has 3 aromatic heterocycles. The molecule has 6 aromatic rings. The molecular formula is C31H26FN5O3. The number of fused-ring (bicyclic) bond motifs is 2. The largest absolute Gasteiger partial charge is 0.494 e. The minimum Gasteiger partial charge on any atom is -0.494 e. The second kappa shape index (κ2) is 9.92. The fourth-order valence-electron chi connectivity index (χ4n) is 5.06. The lowest BCUT2D eigenvalue weighted by Crippen LogP contribution is -2.16. The van der Waals surface area contributed by atoms with E-state index in [4.69, 9.17) is 20.0 Å². The van der Waals surface area contributed by atoms with Crippen LogP contribution in [0.15, 0.2) is 82.3 Å². The molecule has 3 heterocycles. The Labute approximate surface area is 228 Å². The van der Waals surface area contributed by atoms with Gasteiger partial charge in [-0.2, -0.15) is 5.10 Å². The van der Waals surface area contributed by atoms with E-state index in [-0.39, 0.29) is 16.8 Å². The van der Waals surface area contributed by atoms with E-state index in [0.29, 0.717) is 45.6 Å². The van der Waals surface area contributed by atoms with E-state index in [1.54, 1.807) is 41.1 Å². The third kappa shape index (κ3) is 4.16. The average Bonchev–Trinajstić information content (AvgIpc) is 3.35. The van der Waals surface area contributed by atoms with Gasteiger partial charge in [-0.3, -0.25) is 4.79 Å². The summed E-state index contributed by atoms with van der Waals surface area (Å²) in [6, 6.07) is 18.1. The quantitative estimate of drug-likeness (QED) is 0.266. The summed E-state index contributed by atoms with van der Waals surface area (Å²) in [5, 5.41) is 5.91. The van der Waals surface area contributed by atoms with Gasteiger partial charge in [-0.05, 0) is 74.4 Å². The number of hydrogen-bond donors (Lipinski definition) is 1. The number of nitrogen functional groups attached to an aromatic ring is 1. The number of ether oxygens (including phenoxy) is 1. The normalized spacial score (nSPS) is 12.2. The Morgan fingerprint density at radius 3 is 2.65 bits per heavy atom. The number of halogens is 1. The molecule has 0 aliphatic carbocycles. The van der Waals surface area contributed by atoms with Crippen LogP contribution in [-0.2, 0) is 0 Å². The first-order chi connectivity index (χ1) is 19.4. The molecule has 0 amide bonds. The van der Waals surface area contributed by atoms with Gasteiger partial charge in [-0.25, -0.2) is 19.0 Å². The summed E-state index contributed by atoms with van der Waals surface area (Å²) in [5.74, 6) is 0.924. The van der Waals surface area contributed by atoms with Gasteiger partial charge >= 0.3 is 0 Å². The SMILES string of the molecule is CCOc1ccc(-c2nn(C(C)c3oc4ccccc4c(=O)c3-c3cccc(F)c3)c3ncnc(N)c23)cc1C. The standard InChI is InChI=1S/C31H26FN5O3/c1-4-39-23-13-12-20(14-17(23)2)27-26-30(33)34-16-35-31(26)37(36-27)18(3)29-25(19-8-7-9-21(32)15-19)28(38)22-10-5-6-11-24(22)40-29/h5-16,18H,4H2,1-3H3,(H2,33,34,35). The van der Waals surface area contributed by atoms with Gasteiger partial charge in [0, 0.05) is 5.56 Å². The Bertz CT molecular complexity index is 1960. The highest BCUT2D eigenvalue weighted by molar-refractivity contribution is 5.98. The Morgan fingerprint density at radius 2 is 1.88 bits per heavy atom. The maximum absolute atomic E-state index is 14.3. The highest BCUT2D eigenvalue weighted by atomic mass is 19.1. The fourth-order valence-corrected chi connectivity index (χ4v) is 5.06. The first kappa shape index (κ1) is 25.2. The lowest BCUT2D eigenvalue weighted by Gasteiger charge is -2.17. The number of anilines is 1. The fraction of sp³-hybridized carbons (Fsp3) is 0.161. The summed E-state index contributed by atoms with van der Waals surface area (Å²) >= 11 is 0. The number of para-hydroxylation sites is 1. The van der Waals surface area contributed by atoms with Crippen molar-refractivity contribution >= 4 is 27.8 Å². The molecule has 1 atom stereocenters. The van der Waals surface area contributed by atoms with Crippen LogP contribution in [-0.4, -0.2) is 26.4 Å². The predicted octanol–water partition coefficient (Wildman–Crippen LogP) is 6.30. The van der Waals surface area contributed by atoms with E-state index in [2.05, 4.69) is 9.97 Å². The van der Waals surface area contributed by atoms with Crippen molar-refractivity contribution in [1.29, 1.82) is 0 Å². The van der Waals surface area contributed by atoms with E-state index in [1.165, 1.54) is 18.5 Å². The van der Waals surface area contributed by atoms with Gasteiger partial charge in [-0.15, -0.1) is 0 Å². The summed E-state index contributed by atoms with van der Waals surface area (Å²) < 4.78 is 28.1. The van der Waals surface area contributed by atoms with Crippen molar-refractivity contribution in [3.05, 3.63) is 100 Å². The maximum atomic E-state index is 14.3. The summed E-state index contributed by atoms with van der Waals surface area (Å²) in [4.78, 5) is 22.5. The Morgan fingerprint density at radius 1 is 1.05 bits per heavy atom. The minimum atomic E-state index is -0.620. The molecule has 0 fully saturated rings. The van der Waals surface area contributed by atoms with E-state index in [9.17, 15) is 9.18 Å². The van der Waals surface area contributed by atoms with Gasteiger partial charge in [0.25, 0.3) is 0 Å². The smallest absolute Gasteiger partial charge is 0.200 e. The molecule has 2 N–H and O–H groups in total. The first-order valence-electron chi connectivity index (χ1n) is 12.9. The van der Waals surface area contributed by atoms with Gasteiger partial charge in [0.05, 0.1) is 22.9 Å². The zero-order valence-electron chi connectivity index (χ0n) is 22.2. The highest BCUT2D eigenvalue weighted by Gasteiger charge is 2.27. The zero-order valence-corrected chi connectivity index (χ0v) is 22.2. The number of nitrogens with two attached hydrogens (primary N) is 1. The van der Waals surface area contributed by atoms with Crippen LogP contribution in [0.25, 0.3) is 44.4 Å². The summed E-state index contributed by atoms with van der Waals surface area (Å²) in [6.07, 6.45) is 1.37. The molecular weight excluding hydrogens is 509 g/mol. The van der Waals surface area contributed by atoms with Crippen LogP contribution in [0.1, 0.15) is 31.2 Å². The molecule has 0 spiro atoms. The van der Waals surface area contributed by atoms with Crippen LogP contribution in [0.3, 0.4) is 0 Å². The van der Waals surface area contributed by atoms with Crippen molar-refractivity contribution in [3.63, 3.8) is 0 Å². The van der Waals surface area contributed by atoms with Crippen LogP contribution in [0.5, 0.6) is 5.75 Å². The second-order valence-corrected chi connectivity index (χ2v) is 9.52. The topological polar surface area (TPSA) is 109 Å². The highest BCUT2D eigenvalue weighted by Crippen LogP contribution is 2.37. The second-order valence-electron chi connectivity index (χ2n) is 9.52. The van der Waals surface area contributed by atoms with Crippen LogP contribution in [0.4, 0.5) is 10.2 Å². The monoisotopic (exact) mass is 535 g/mol. The maximum Gasteiger partial charge on any atom is 0.200 e. The van der Waals surface area contributed by atoms with Gasteiger partial charge < -0.3 is 14.9 Å². The summed E-state index contributed by atoms with van der Waals surface area (Å²) in [6.45, 7) is 6.31. The molecule has 0 saturated carbocycles. The van der Waals surface area contributed by atoms with E-state index in [0.717, 1.165) is 16.9 Å². The van der Waals surface area contributed by atoms with Crippen molar-refractivity contribution in [1.82, 2.24) is 19.7 Å². The van der Waals surface area contributed by atoms with E-state index >= 15 is 0 Å². The molecule has 1 unspecified atom stereocenters. The molecule has 0 saturated heterocycles. The van der Waals surface area contributed by atoms with Gasteiger partial charge in [-0.1, -0.05) is 24.3 Å². The van der Waals surface area contributed by atoms with Crippen LogP contribution < -0.4 is 15.9 Å². The molecule has 40 heavy (non-hydrogen) atoms. The molecule has 0 bridgehead atoms. The summed E-state index contributed by atoms with van der Waals surface area (Å²) in [7, 11) is 0. The number of benzene rings is 3. The zero-order chi connectivity index (χ0) is 28.0. The number of nitrogens with zero attached hydrogens (tertiary/aromatic N) is 4. The Hall–Kier alpha value is -5.05. The van der Waals surface area contributed by atoms with E-state index < -0.39 is 11.9 Å². The molecule has 3 aromatic carbocycles. The Balaban J connectivity index is 1.60. The third-order valence-electron chi connectivity index (χ3n) is 6.95. The molecule has 200 valence electrons. The lowest BCUT2D eigenvalue weighted by molar-refractivity contribution is 0.338. The van der Waals surface area contributed by atoms with Crippen molar-refractivity contribution in [2.45, 2.75) is 26.8 Å². The molecule has 0 aliphatic rings. The average molecular weight is 536 g/mol. The van der Waals surface area contributed by atoms with Crippen LogP contribution >= 0.6 is 0 Å². The first-order valence-corrected chi connectivity index (χ1v) is 12.9. The number of hydrogen-bond acceptors (Lipinski definition) is 7. The summed E-state index contributed by atoms with van der Waals surface area (Å²) in [5.41, 5.74) is 9.99. The Kier molecular flexibility index (Phi) is 6.26. The predicted molar refractivity (Wildman–Crippen MR) is 153 cm³/mol. The molecule has 9 heteroatoms. The van der Waals surface area contributed by atoms with Crippen molar-refractivity contribution in [2.75, 3.05) is 12.3 Å². The van der Waals surface area contributed by atoms with Crippen molar-refractivity contribution in [3.8, 4) is 28.1 Å². The molecule has 6 rings (SSSR count). The van der Waals surface area contributed by atoms with E-state index in [1.807, 2.05) is 39.0 Å². The molecule has 0 aliphatic heterocycles. The number of rotatable bonds is 6.